The van der Waals surface area contributed by atoms with Gasteiger partial charge in [0.25, 0.3) is 5.91 Å². The Morgan fingerprint density at radius 3 is 2.87 bits per heavy atom. The number of fused-ring (bicyclic) bond motifs is 1. The summed E-state index contributed by atoms with van der Waals surface area (Å²) in [4.78, 5) is 18.1. The molecule has 0 saturated carbocycles. The van der Waals surface area contributed by atoms with Gasteiger partial charge in [-0.1, -0.05) is 0 Å². The van der Waals surface area contributed by atoms with Crippen LogP contribution in [0.25, 0.3) is 11.0 Å². The fraction of sp³-hybridized carbons (Fsp3) is 0.312. The number of hydrogen-bond acceptors (Lipinski definition) is 4. The van der Waals surface area contributed by atoms with Crippen LogP contribution in [-0.4, -0.2) is 20.7 Å². The highest BCUT2D eigenvalue weighted by Gasteiger charge is 2.15. The average Bonchev–Trinajstić information content (AvgIpc) is 3.09. The minimum absolute atomic E-state index is 0.112. The zero-order valence-corrected chi connectivity index (χ0v) is 15.5. The lowest BCUT2D eigenvalue weighted by Gasteiger charge is -2.09. The highest BCUT2D eigenvalue weighted by atomic mass is 79.9. The third-order valence-corrected chi connectivity index (χ3v) is 5.17. The van der Waals surface area contributed by atoms with Crippen LogP contribution in [0, 0.1) is 6.92 Å². The van der Waals surface area contributed by atoms with Crippen molar-refractivity contribution in [2.45, 2.75) is 33.4 Å². The smallest absolute Gasteiger partial charge is 0.253 e. The maximum atomic E-state index is 12.4. The first-order valence-electron chi connectivity index (χ1n) is 7.33. The van der Waals surface area contributed by atoms with Gasteiger partial charge in [-0.25, -0.2) is 9.67 Å². The lowest BCUT2D eigenvalue weighted by molar-refractivity contribution is 0.0950. The topological polar surface area (TPSA) is 59.8 Å². The zero-order chi connectivity index (χ0) is 16.6. The van der Waals surface area contributed by atoms with Crippen molar-refractivity contribution in [3.8, 4) is 0 Å². The van der Waals surface area contributed by atoms with E-state index in [4.69, 9.17) is 0 Å². The number of aryl methyl sites for hydroxylation is 1. The first-order valence-corrected chi connectivity index (χ1v) is 8.94. The molecule has 0 aliphatic rings. The van der Waals surface area contributed by atoms with Crippen LogP contribution in [0.1, 0.15) is 40.8 Å². The maximum absolute atomic E-state index is 12.4. The summed E-state index contributed by atoms with van der Waals surface area (Å²) < 4.78 is 2.93. The van der Waals surface area contributed by atoms with Crippen LogP contribution in [0.2, 0.25) is 0 Å². The third kappa shape index (κ3) is 3.30. The highest BCUT2D eigenvalue weighted by molar-refractivity contribution is 9.11. The second kappa shape index (κ2) is 6.41. The minimum atomic E-state index is -0.112. The summed E-state index contributed by atoms with van der Waals surface area (Å²) in [6.45, 7) is 6.48. The van der Waals surface area contributed by atoms with Crippen LogP contribution in [-0.2, 0) is 6.54 Å². The van der Waals surface area contributed by atoms with E-state index in [1.807, 2.05) is 29.8 Å². The first kappa shape index (κ1) is 16.1. The number of pyridine rings is 1. The lowest BCUT2D eigenvalue weighted by Crippen LogP contribution is -2.23. The molecule has 0 bridgehead atoms. The van der Waals surface area contributed by atoms with Gasteiger partial charge in [-0.3, -0.25) is 4.79 Å². The fourth-order valence-corrected chi connectivity index (χ4v) is 3.81. The Labute approximate surface area is 146 Å². The van der Waals surface area contributed by atoms with E-state index >= 15 is 0 Å². The molecule has 120 valence electrons. The lowest BCUT2D eigenvalue weighted by atomic mass is 10.1. The van der Waals surface area contributed by atoms with Gasteiger partial charge < -0.3 is 5.32 Å². The molecule has 0 atom stereocenters. The molecule has 0 aliphatic carbocycles. The van der Waals surface area contributed by atoms with Crippen molar-refractivity contribution in [3.05, 3.63) is 44.3 Å². The van der Waals surface area contributed by atoms with E-state index in [0.29, 0.717) is 17.8 Å². The Balaban J connectivity index is 1.84. The van der Waals surface area contributed by atoms with Crippen LogP contribution in [0.3, 0.4) is 0 Å². The Hall–Kier alpha value is -1.73. The highest BCUT2D eigenvalue weighted by Crippen LogP contribution is 2.22. The van der Waals surface area contributed by atoms with Gasteiger partial charge in [0, 0.05) is 16.3 Å². The fourth-order valence-electron chi connectivity index (χ4n) is 2.38. The van der Waals surface area contributed by atoms with Crippen molar-refractivity contribution in [2.75, 3.05) is 0 Å². The van der Waals surface area contributed by atoms with Gasteiger partial charge in [0.2, 0.25) is 0 Å². The summed E-state index contributed by atoms with van der Waals surface area (Å²) in [5.74, 6) is -0.112. The van der Waals surface area contributed by atoms with Crippen LogP contribution < -0.4 is 5.32 Å². The predicted octanol–water partition coefficient (Wildman–Crippen LogP) is 4.07. The molecule has 1 amide bonds. The first-order chi connectivity index (χ1) is 11.0. The molecule has 5 nitrogen and oxygen atoms in total. The van der Waals surface area contributed by atoms with Gasteiger partial charge in [0.15, 0.2) is 5.65 Å². The number of rotatable bonds is 4. The molecule has 0 fully saturated rings. The largest absolute Gasteiger partial charge is 0.347 e. The van der Waals surface area contributed by atoms with E-state index in [9.17, 15) is 4.79 Å². The monoisotopic (exact) mass is 392 g/mol. The van der Waals surface area contributed by atoms with Crippen LogP contribution in [0.15, 0.2) is 28.2 Å². The standard InChI is InChI=1S/C16H17BrN4OS/c1-9(2)21-15-11(7-19-21)6-13(10(3)20-15)16(22)18-8-12-4-5-14(17)23-12/h4-7,9H,8H2,1-3H3,(H,18,22). The second-order valence-corrected chi connectivity index (χ2v) is 8.15. The molecular weight excluding hydrogens is 376 g/mol. The zero-order valence-electron chi connectivity index (χ0n) is 13.1. The molecule has 3 aromatic heterocycles. The van der Waals surface area contributed by atoms with Gasteiger partial charge in [-0.2, -0.15) is 5.10 Å². The van der Waals surface area contributed by atoms with Gasteiger partial charge in [-0.05, 0) is 54.9 Å². The molecular formula is C16H17BrN4OS. The van der Waals surface area contributed by atoms with E-state index in [2.05, 4.69) is 45.2 Å². The number of aromatic nitrogens is 3. The number of halogens is 1. The number of carbonyl (C=O) groups is 1. The molecule has 1 N–H and O–H groups in total. The van der Waals surface area contributed by atoms with E-state index < -0.39 is 0 Å². The molecule has 3 rings (SSSR count). The molecule has 23 heavy (non-hydrogen) atoms. The Morgan fingerprint density at radius 1 is 1.43 bits per heavy atom. The predicted molar refractivity (Wildman–Crippen MR) is 95.8 cm³/mol. The van der Waals surface area contributed by atoms with Crippen LogP contribution >= 0.6 is 27.3 Å². The molecule has 0 aromatic carbocycles. The Morgan fingerprint density at radius 2 is 2.22 bits per heavy atom. The van der Waals surface area contributed by atoms with Crippen molar-refractivity contribution < 1.29 is 4.79 Å². The van der Waals surface area contributed by atoms with Crippen LogP contribution in [0.5, 0.6) is 0 Å². The summed E-state index contributed by atoms with van der Waals surface area (Å²) >= 11 is 5.03. The molecule has 0 aliphatic heterocycles. The molecule has 0 spiro atoms. The number of carbonyl (C=O) groups excluding carboxylic acids is 1. The van der Waals surface area contributed by atoms with E-state index in [0.717, 1.165) is 19.7 Å². The summed E-state index contributed by atoms with van der Waals surface area (Å²) in [6, 6.07) is 6.07. The SMILES string of the molecule is Cc1nc2c(cnn2C(C)C)cc1C(=O)NCc1ccc(Br)s1. The Kier molecular flexibility index (Phi) is 4.50. The van der Waals surface area contributed by atoms with E-state index in [1.165, 1.54) is 0 Å². The van der Waals surface area contributed by atoms with Gasteiger partial charge in [0.1, 0.15) is 0 Å². The summed E-state index contributed by atoms with van der Waals surface area (Å²) in [6.07, 6.45) is 1.76. The molecule has 7 heteroatoms. The van der Waals surface area contributed by atoms with Crippen molar-refractivity contribution in [2.24, 2.45) is 0 Å². The number of amides is 1. The summed E-state index contributed by atoms with van der Waals surface area (Å²) in [5, 5.41) is 8.18. The number of thiophene rings is 1. The average molecular weight is 393 g/mol. The van der Waals surface area contributed by atoms with Gasteiger partial charge >= 0.3 is 0 Å². The minimum Gasteiger partial charge on any atom is -0.347 e. The van der Waals surface area contributed by atoms with Crippen molar-refractivity contribution >= 4 is 44.2 Å². The molecule has 0 radical (unpaired) electrons. The summed E-state index contributed by atoms with van der Waals surface area (Å²) in [5.41, 5.74) is 2.12. The number of hydrogen-bond donors (Lipinski definition) is 1. The molecule has 3 aromatic rings. The summed E-state index contributed by atoms with van der Waals surface area (Å²) in [7, 11) is 0. The van der Waals surface area contributed by atoms with Crippen LogP contribution in [0.4, 0.5) is 0 Å². The van der Waals surface area contributed by atoms with Crippen molar-refractivity contribution in [3.63, 3.8) is 0 Å². The molecule has 0 unspecified atom stereocenters. The third-order valence-electron chi connectivity index (χ3n) is 3.55. The normalized spacial score (nSPS) is 11.3. The Bertz CT molecular complexity index is 868. The molecule has 3 heterocycles. The van der Waals surface area contributed by atoms with Crippen molar-refractivity contribution in [1.29, 1.82) is 0 Å². The second-order valence-electron chi connectivity index (χ2n) is 5.61. The molecule has 0 saturated heterocycles. The van der Waals surface area contributed by atoms with Gasteiger partial charge in [0.05, 0.1) is 27.8 Å². The van der Waals surface area contributed by atoms with Crippen molar-refractivity contribution in [1.82, 2.24) is 20.1 Å². The van der Waals surface area contributed by atoms with Gasteiger partial charge in [-0.15, -0.1) is 11.3 Å². The van der Waals surface area contributed by atoms with E-state index in [1.54, 1.807) is 17.5 Å². The quantitative estimate of drug-likeness (QED) is 0.727. The maximum Gasteiger partial charge on any atom is 0.253 e. The number of nitrogens with one attached hydrogen (secondary N) is 1. The number of nitrogens with zero attached hydrogens (tertiary/aromatic N) is 3. The van der Waals surface area contributed by atoms with E-state index in [-0.39, 0.29) is 11.9 Å².